The van der Waals surface area contributed by atoms with E-state index < -0.39 is 5.54 Å². The predicted molar refractivity (Wildman–Crippen MR) is 114 cm³/mol. The zero-order valence-electron chi connectivity index (χ0n) is 16.4. The number of hydrogen-bond acceptors (Lipinski definition) is 7. The van der Waals surface area contributed by atoms with Crippen LogP contribution in [0.15, 0.2) is 22.5 Å². The molecule has 1 aliphatic carbocycles. The second kappa shape index (κ2) is 8.93. The van der Waals surface area contributed by atoms with Gasteiger partial charge in [-0.05, 0) is 50.8 Å². The molecule has 0 radical (unpaired) electrons. The third kappa shape index (κ3) is 4.83. The molecule has 1 saturated carbocycles. The lowest BCUT2D eigenvalue weighted by atomic mass is 9.83. The van der Waals surface area contributed by atoms with Crippen LogP contribution in [-0.4, -0.2) is 26.9 Å². The highest BCUT2D eigenvalue weighted by atomic mass is 32.2. The van der Waals surface area contributed by atoms with Crippen LogP contribution >= 0.6 is 23.1 Å². The van der Waals surface area contributed by atoms with Crippen LogP contribution in [0.4, 0.5) is 10.8 Å². The SMILES string of the molecule is Cc1cccc(Nc2nnc(S[C@H](C)C(=O)NC3(C#N)CCCCC3)s2)c1C. The van der Waals surface area contributed by atoms with Gasteiger partial charge in [0, 0.05) is 5.69 Å². The average molecular weight is 416 g/mol. The molecular weight excluding hydrogens is 390 g/mol. The standard InChI is InChI=1S/C20H25N5OS2/c1-13-8-7-9-16(14(13)2)22-18-24-25-19(28-18)27-15(3)17(26)23-20(12-21)10-5-4-6-11-20/h7-9,15H,4-6,10-11H2,1-3H3,(H,22,24)(H,23,26)/t15-/m1/s1. The minimum atomic E-state index is -0.708. The van der Waals surface area contributed by atoms with Crippen molar-refractivity contribution >= 4 is 39.8 Å². The number of thioether (sulfide) groups is 1. The molecule has 0 unspecified atom stereocenters. The van der Waals surface area contributed by atoms with Crippen LogP contribution in [0.5, 0.6) is 0 Å². The largest absolute Gasteiger partial charge is 0.337 e. The number of anilines is 2. The van der Waals surface area contributed by atoms with E-state index in [9.17, 15) is 10.1 Å². The van der Waals surface area contributed by atoms with Crippen LogP contribution in [0.1, 0.15) is 50.2 Å². The summed E-state index contributed by atoms with van der Waals surface area (Å²) in [7, 11) is 0. The minimum absolute atomic E-state index is 0.118. The number of nitrogens with zero attached hydrogens (tertiary/aromatic N) is 3. The van der Waals surface area contributed by atoms with Crippen molar-refractivity contribution in [1.82, 2.24) is 15.5 Å². The summed E-state index contributed by atoms with van der Waals surface area (Å²) >= 11 is 2.80. The molecule has 0 bridgehead atoms. The van der Waals surface area contributed by atoms with E-state index in [-0.39, 0.29) is 11.2 Å². The lowest BCUT2D eigenvalue weighted by molar-refractivity contribution is -0.121. The number of benzene rings is 1. The summed E-state index contributed by atoms with van der Waals surface area (Å²) in [6.07, 6.45) is 4.56. The summed E-state index contributed by atoms with van der Waals surface area (Å²) in [5, 5.41) is 24.6. The van der Waals surface area contributed by atoms with E-state index >= 15 is 0 Å². The van der Waals surface area contributed by atoms with Crippen LogP contribution < -0.4 is 10.6 Å². The fourth-order valence-electron chi connectivity index (χ4n) is 3.27. The van der Waals surface area contributed by atoms with E-state index in [0.717, 1.165) is 42.1 Å². The smallest absolute Gasteiger partial charge is 0.234 e. The highest BCUT2D eigenvalue weighted by molar-refractivity contribution is 8.02. The summed E-state index contributed by atoms with van der Waals surface area (Å²) in [6, 6.07) is 8.42. The Bertz CT molecular complexity index is 883. The number of rotatable bonds is 6. The third-order valence-corrected chi connectivity index (χ3v) is 7.21. The number of nitriles is 1. The molecule has 28 heavy (non-hydrogen) atoms. The van der Waals surface area contributed by atoms with Crippen molar-refractivity contribution in [1.29, 1.82) is 5.26 Å². The van der Waals surface area contributed by atoms with Gasteiger partial charge in [-0.1, -0.05) is 54.5 Å². The number of aromatic nitrogens is 2. The summed E-state index contributed by atoms with van der Waals surface area (Å²) in [5.74, 6) is -0.118. The number of carbonyl (C=O) groups excluding carboxylic acids is 1. The molecule has 8 heteroatoms. The molecule has 3 rings (SSSR count). The normalized spacial score (nSPS) is 16.8. The highest BCUT2D eigenvalue weighted by Crippen LogP contribution is 2.33. The van der Waals surface area contributed by atoms with Crippen molar-refractivity contribution in [3.63, 3.8) is 0 Å². The number of hydrogen-bond donors (Lipinski definition) is 2. The Morgan fingerprint density at radius 1 is 1.29 bits per heavy atom. The number of carbonyl (C=O) groups is 1. The van der Waals surface area contributed by atoms with Gasteiger partial charge >= 0.3 is 0 Å². The quantitative estimate of drug-likeness (QED) is 0.663. The number of aryl methyl sites for hydroxylation is 1. The van der Waals surface area contributed by atoms with Crippen LogP contribution in [0.3, 0.4) is 0 Å². The van der Waals surface area contributed by atoms with E-state index in [1.165, 1.54) is 34.2 Å². The predicted octanol–water partition coefficient (Wildman–Crippen LogP) is 4.72. The molecule has 2 N–H and O–H groups in total. The summed E-state index contributed by atoms with van der Waals surface area (Å²) in [4.78, 5) is 12.6. The fraction of sp³-hybridized carbons (Fsp3) is 0.500. The maximum atomic E-state index is 12.6. The first kappa shape index (κ1) is 20.6. The van der Waals surface area contributed by atoms with Crippen molar-refractivity contribution in [2.75, 3.05) is 5.32 Å². The van der Waals surface area contributed by atoms with Crippen molar-refractivity contribution < 1.29 is 4.79 Å². The van der Waals surface area contributed by atoms with Crippen LogP contribution in [0.25, 0.3) is 0 Å². The third-order valence-electron chi connectivity index (χ3n) is 5.18. The van der Waals surface area contributed by atoms with Gasteiger partial charge in [0.2, 0.25) is 11.0 Å². The lowest BCUT2D eigenvalue weighted by Gasteiger charge is -2.32. The van der Waals surface area contributed by atoms with Gasteiger partial charge in [0.15, 0.2) is 4.34 Å². The Labute approximate surface area is 174 Å². The zero-order valence-corrected chi connectivity index (χ0v) is 18.0. The van der Waals surface area contributed by atoms with Crippen LogP contribution in [0, 0.1) is 25.2 Å². The molecule has 6 nitrogen and oxygen atoms in total. The molecule has 1 atom stereocenters. The molecule has 0 spiro atoms. The van der Waals surface area contributed by atoms with Gasteiger partial charge in [-0.3, -0.25) is 4.79 Å². The molecule has 1 heterocycles. The second-order valence-corrected chi connectivity index (χ2v) is 9.81. The van der Waals surface area contributed by atoms with Crippen molar-refractivity contribution in [2.45, 2.75) is 68.0 Å². The Hall–Kier alpha value is -2.11. The summed E-state index contributed by atoms with van der Waals surface area (Å²) in [6.45, 7) is 5.98. The Kier molecular flexibility index (Phi) is 6.57. The van der Waals surface area contributed by atoms with E-state index in [1.807, 2.05) is 19.1 Å². The van der Waals surface area contributed by atoms with Crippen molar-refractivity contribution in [3.05, 3.63) is 29.3 Å². The van der Waals surface area contributed by atoms with Gasteiger partial charge in [0.25, 0.3) is 0 Å². The molecule has 2 aromatic rings. The first-order valence-electron chi connectivity index (χ1n) is 9.49. The lowest BCUT2D eigenvalue weighted by Crippen LogP contribution is -2.50. The summed E-state index contributed by atoms with van der Waals surface area (Å²) in [5.41, 5.74) is 2.69. The fourth-order valence-corrected chi connectivity index (χ4v) is 5.18. The molecule has 1 fully saturated rings. The molecule has 1 aromatic carbocycles. The van der Waals surface area contributed by atoms with E-state index in [0.29, 0.717) is 5.13 Å². The first-order chi connectivity index (χ1) is 13.4. The van der Waals surface area contributed by atoms with Crippen molar-refractivity contribution in [3.8, 4) is 6.07 Å². The maximum Gasteiger partial charge on any atom is 0.234 e. The average Bonchev–Trinajstić information content (AvgIpc) is 3.13. The molecule has 0 aliphatic heterocycles. The molecular formula is C20H25N5OS2. The molecule has 0 saturated heterocycles. The molecule has 1 aliphatic rings. The first-order valence-corrected chi connectivity index (χ1v) is 11.2. The second-order valence-electron chi connectivity index (χ2n) is 7.25. The Morgan fingerprint density at radius 3 is 2.75 bits per heavy atom. The van der Waals surface area contributed by atoms with E-state index in [1.54, 1.807) is 0 Å². The van der Waals surface area contributed by atoms with Gasteiger partial charge in [-0.2, -0.15) is 5.26 Å². The van der Waals surface area contributed by atoms with E-state index in [2.05, 4.69) is 46.8 Å². The Morgan fingerprint density at radius 2 is 2.04 bits per heavy atom. The van der Waals surface area contributed by atoms with Crippen LogP contribution in [0.2, 0.25) is 0 Å². The topological polar surface area (TPSA) is 90.7 Å². The molecule has 1 aromatic heterocycles. The van der Waals surface area contributed by atoms with Gasteiger partial charge in [0.05, 0.1) is 11.3 Å². The van der Waals surface area contributed by atoms with Gasteiger partial charge in [-0.25, -0.2) is 0 Å². The van der Waals surface area contributed by atoms with Gasteiger partial charge < -0.3 is 10.6 Å². The zero-order chi connectivity index (χ0) is 20.1. The van der Waals surface area contributed by atoms with Gasteiger partial charge in [-0.15, -0.1) is 10.2 Å². The van der Waals surface area contributed by atoms with Crippen LogP contribution in [-0.2, 0) is 4.79 Å². The monoisotopic (exact) mass is 415 g/mol. The maximum absolute atomic E-state index is 12.6. The Balaban J connectivity index is 1.60. The van der Waals surface area contributed by atoms with Crippen molar-refractivity contribution in [2.24, 2.45) is 0 Å². The number of nitrogens with one attached hydrogen (secondary N) is 2. The minimum Gasteiger partial charge on any atom is -0.337 e. The summed E-state index contributed by atoms with van der Waals surface area (Å²) < 4.78 is 0.727. The molecule has 1 amide bonds. The highest BCUT2D eigenvalue weighted by Gasteiger charge is 2.35. The van der Waals surface area contributed by atoms with Gasteiger partial charge in [0.1, 0.15) is 5.54 Å². The number of amides is 1. The molecule has 148 valence electrons. The van der Waals surface area contributed by atoms with E-state index in [4.69, 9.17) is 0 Å².